The lowest BCUT2D eigenvalue weighted by Gasteiger charge is -2.16. The normalized spacial score (nSPS) is 21.6. The minimum atomic E-state index is -3.71. The Morgan fingerprint density at radius 1 is 1.42 bits per heavy atom. The molecule has 4 rings (SSSR count). The molecule has 26 heavy (non-hydrogen) atoms. The van der Waals surface area contributed by atoms with Gasteiger partial charge in [0, 0.05) is 31.5 Å². The van der Waals surface area contributed by atoms with Gasteiger partial charge in [-0.3, -0.25) is 0 Å². The van der Waals surface area contributed by atoms with Crippen LogP contribution >= 0.6 is 11.3 Å². The van der Waals surface area contributed by atoms with E-state index < -0.39 is 10.0 Å². The van der Waals surface area contributed by atoms with Gasteiger partial charge in [-0.2, -0.15) is 15.6 Å². The number of nitrogens with zero attached hydrogens (tertiary/aromatic N) is 3. The predicted molar refractivity (Wildman–Crippen MR) is 97.6 cm³/mol. The van der Waals surface area contributed by atoms with Crippen molar-refractivity contribution < 1.29 is 18.0 Å². The van der Waals surface area contributed by atoms with Crippen molar-refractivity contribution in [3.8, 4) is 0 Å². The Bertz CT molecular complexity index is 1010. The van der Waals surface area contributed by atoms with Gasteiger partial charge in [-0.15, -0.1) is 0 Å². The van der Waals surface area contributed by atoms with Crippen molar-refractivity contribution >= 4 is 32.5 Å². The molecule has 0 aliphatic carbocycles. The van der Waals surface area contributed by atoms with E-state index in [0.29, 0.717) is 36.3 Å². The second kappa shape index (κ2) is 6.73. The molecule has 7 nitrogen and oxygen atoms in total. The van der Waals surface area contributed by atoms with E-state index in [1.807, 2.05) is 23.8 Å². The summed E-state index contributed by atoms with van der Waals surface area (Å²) in [6.07, 6.45) is 1.95. The summed E-state index contributed by atoms with van der Waals surface area (Å²) < 4.78 is 32.8. The number of aliphatic hydroxyl groups is 1. The fraction of sp³-hybridized carbons (Fsp3) is 0.412. The first-order chi connectivity index (χ1) is 12.5. The predicted octanol–water partition coefficient (Wildman–Crippen LogP) is 2.24. The molecule has 4 heterocycles. The van der Waals surface area contributed by atoms with Gasteiger partial charge in [-0.05, 0) is 34.9 Å². The fourth-order valence-electron chi connectivity index (χ4n) is 3.48. The highest BCUT2D eigenvalue weighted by molar-refractivity contribution is 7.89. The molecule has 3 aromatic rings. The number of aromatic nitrogens is 2. The molecule has 0 radical (unpaired) electrons. The molecular formula is C17H19N3O4S2. The van der Waals surface area contributed by atoms with E-state index in [9.17, 15) is 13.5 Å². The average molecular weight is 393 g/mol. The minimum absolute atomic E-state index is 0.000454. The van der Waals surface area contributed by atoms with Gasteiger partial charge in [0.05, 0.1) is 17.3 Å². The lowest BCUT2D eigenvalue weighted by Crippen LogP contribution is -2.29. The van der Waals surface area contributed by atoms with Gasteiger partial charge in [0.2, 0.25) is 10.0 Å². The van der Waals surface area contributed by atoms with E-state index in [1.54, 1.807) is 17.4 Å². The smallest absolute Gasteiger partial charge is 0.258 e. The van der Waals surface area contributed by atoms with Gasteiger partial charge in [-0.1, -0.05) is 12.1 Å². The maximum atomic E-state index is 13.1. The Balaban J connectivity index is 1.68. The third kappa shape index (κ3) is 2.84. The highest BCUT2D eigenvalue weighted by atomic mass is 32.2. The van der Waals surface area contributed by atoms with E-state index in [4.69, 9.17) is 4.52 Å². The van der Waals surface area contributed by atoms with Gasteiger partial charge in [0.15, 0.2) is 0 Å². The van der Waals surface area contributed by atoms with Crippen LogP contribution in [0.15, 0.2) is 38.5 Å². The summed E-state index contributed by atoms with van der Waals surface area (Å²) in [5.74, 6) is -0.114. The first-order valence-electron chi connectivity index (χ1n) is 8.42. The topological polar surface area (TPSA) is 96.5 Å². The molecule has 9 heteroatoms. The Kier molecular flexibility index (Phi) is 4.55. The van der Waals surface area contributed by atoms with Crippen molar-refractivity contribution in [3.63, 3.8) is 0 Å². The number of hydrogen-bond acceptors (Lipinski definition) is 7. The maximum Gasteiger partial charge on any atom is 0.258 e. The number of sulfonamides is 1. The van der Waals surface area contributed by atoms with Crippen LogP contribution in [0, 0.1) is 5.92 Å². The minimum Gasteiger partial charge on any atom is -0.396 e. The van der Waals surface area contributed by atoms with E-state index in [2.05, 4.69) is 10.1 Å². The van der Waals surface area contributed by atoms with Crippen molar-refractivity contribution in [2.75, 3.05) is 19.7 Å². The van der Waals surface area contributed by atoms with Gasteiger partial charge in [-0.25, -0.2) is 13.4 Å². The molecule has 0 unspecified atom stereocenters. The number of hydrogen-bond donors (Lipinski definition) is 1. The van der Waals surface area contributed by atoms with Crippen LogP contribution in [0.1, 0.15) is 24.1 Å². The van der Waals surface area contributed by atoms with Gasteiger partial charge >= 0.3 is 0 Å². The Hall–Kier alpha value is -1.81. The summed E-state index contributed by atoms with van der Waals surface area (Å²) in [4.78, 5) is 4.24. The van der Waals surface area contributed by atoms with Gasteiger partial charge < -0.3 is 9.63 Å². The molecule has 1 fully saturated rings. The molecule has 0 amide bonds. The lowest BCUT2D eigenvalue weighted by atomic mass is 9.92. The number of rotatable bonds is 5. The Morgan fingerprint density at radius 2 is 2.27 bits per heavy atom. The van der Waals surface area contributed by atoms with Gasteiger partial charge in [0.25, 0.3) is 5.71 Å². The summed E-state index contributed by atoms with van der Waals surface area (Å²) >= 11 is 1.57. The van der Waals surface area contributed by atoms with E-state index in [-0.39, 0.29) is 23.3 Å². The van der Waals surface area contributed by atoms with E-state index >= 15 is 0 Å². The molecule has 1 N–H and O–H groups in total. The largest absolute Gasteiger partial charge is 0.396 e. The molecule has 0 aromatic carbocycles. The first kappa shape index (κ1) is 17.6. The van der Waals surface area contributed by atoms with E-state index in [0.717, 1.165) is 5.56 Å². The molecule has 1 aliphatic heterocycles. The van der Waals surface area contributed by atoms with Crippen LogP contribution in [0.4, 0.5) is 0 Å². The molecule has 3 aromatic heterocycles. The van der Waals surface area contributed by atoms with Crippen molar-refractivity contribution in [3.05, 3.63) is 40.3 Å². The van der Waals surface area contributed by atoms with Crippen molar-refractivity contribution in [2.45, 2.75) is 24.2 Å². The first-order valence-corrected chi connectivity index (χ1v) is 10.8. The van der Waals surface area contributed by atoms with Crippen molar-refractivity contribution in [2.24, 2.45) is 5.92 Å². The average Bonchev–Trinajstić information content (AvgIpc) is 3.38. The second-order valence-corrected chi connectivity index (χ2v) is 9.15. The molecule has 0 bridgehead atoms. The second-order valence-electron chi connectivity index (χ2n) is 6.43. The molecule has 0 spiro atoms. The molecule has 1 aliphatic rings. The van der Waals surface area contributed by atoms with Crippen molar-refractivity contribution in [1.29, 1.82) is 0 Å². The quantitative estimate of drug-likeness (QED) is 0.714. The number of pyridine rings is 1. The van der Waals surface area contributed by atoms with Crippen LogP contribution in [0.3, 0.4) is 0 Å². The van der Waals surface area contributed by atoms with Crippen LogP contribution in [0.5, 0.6) is 0 Å². The zero-order valence-corrected chi connectivity index (χ0v) is 15.8. The van der Waals surface area contributed by atoms with Crippen LogP contribution < -0.4 is 0 Å². The molecule has 1 saturated heterocycles. The molecular weight excluding hydrogens is 374 g/mol. The maximum absolute atomic E-state index is 13.1. The van der Waals surface area contributed by atoms with E-state index in [1.165, 1.54) is 10.5 Å². The summed E-state index contributed by atoms with van der Waals surface area (Å²) in [5.41, 5.74) is 2.11. The summed E-state index contributed by atoms with van der Waals surface area (Å²) in [5, 5.41) is 18.3. The number of thiophene rings is 1. The lowest BCUT2D eigenvalue weighted by molar-refractivity contribution is 0.223. The fourth-order valence-corrected chi connectivity index (χ4v) is 5.70. The molecule has 138 valence electrons. The standard InChI is InChI=1S/C17H19N3O4S2/c1-2-16-14-5-13(6-18-17(14)24-19-16)26(22,23)20-7-12(9-21)15(8-20)11-3-4-25-10-11/h3-6,10,12,15,21H,2,7-9H2,1H3/t12-,15+/m1/s1. The number of fused-ring (bicyclic) bond motifs is 1. The Morgan fingerprint density at radius 3 is 2.96 bits per heavy atom. The summed E-state index contributed by atoms with van der Waals surface area (Å²) in [7, 11) is -3.71. The monoisotopic (exact) mass is 393 g/mol. The zero-order chi connectivity index (χ0) is 18.3. The SMILES string of the molecule is CCc1noc2ncc(S(=O)(=O)N3C[C@H](CO)[C@H](c4ccsc4)C3)cc12. The number of aliphatic hydroxyl groups excluding tert-OH is 1. The van der Waals surface area contributed by atoms with Crippen LogP contribution in [0.2, 0.25) is 0 Å². The third-order valence-electron chi connectivity index (χ3n) is 4.97. The van der Waals surface area contributed by atoms with Crippen LogP contribution in [-0.2, 0) is 16.4 Å². The summed E-state index contributed by atoms with van der Waals surface area (Å²) in [6.45, 7) is 2.53. The van der Waals surface area contributed by atoms with Crippen LogP contribution in [-0.4, -0.2) is 47.7 Å². The number of aryl methyl sites for hydroxylation is 1. The Labute approximate surface area is 155 Å². The van der Waals surface area contributed by atoms with Gasteiger partial charge in [0.1, 0.15) is 4.90 Å². The summed E-state index contributed by atoms with van der Waals surface area (Å²) in [6, 6.07) is 3.57. The zero-order valence-electron chi connectivity index (χ0n) is 14.2. The van der Waals surface area contributed by atoms with Crippen LogP contribution in [0.25, 0.3) is 11.1 Å². The highest BCUT2D eigenvalue weighted by Gasteiger charge is 2.40. The highest BCUT2D eigenvalue weighted by Crippen LogP contribution is 2.36. The molecule has 2 atom stereocenters. The van der Waals surface area contributed by atoms with Crippen molar-refractivity contribution in [1.82, 2.24) is 14.4 Å². The third-order valence-corrected chi connectivity index (χ3v) is 7.46. The molecule has 0 saturated carbocycles.